The third-order valence-electron chi connectivity index (χ3n) is 4.30. The molecule has 1 heterocycles. The Morgan fingerprint density at radius 1 is 1.04 bits per heavy atom. The van der Waals surface area contributed by atoms with Crippen molar-refractivity contribution in [2.45, 2.75) is 13.5 Å². The van der Waals surface area contributed by atoms with E-state index in [2.05, 4.69) is 46.3 Å². The molecule has 0 saturated carbocycles. The van der Waals surface area contributed by atoms with Gasteiger partial charge in [0, 0.05) is 32.7 Å². The van der Waals surface area contributed by atoms with E-state index in [1.54, 1.807) is 0 Å². The molecule has 1 fully saturated rings. The lowest BCUT2D eigenvalue weighted by Crippen LogP contribution is -2.49. The Kier molecular flexibility index (Phi) is 5.72. The van der Waals surface area contributed by atoms with Gasteiger partial charge in [-0.05, 0) is 36.8 Å². The smallest absolute Gasteiger partial charge is 0.173 e. The first-order valence-corrected chi connectivity index (χ1v) is 8.99. The maximum Gasteiger partial charge on any atom is 0.173 e. The maximum absolute atomic E-state index is 6.18. The number of nitrogens with zero attached hydrogens (tertiary/aromatic N) is 2. The molecule has 24 heavy (non-hydrogen) atoms. The van der Waals surface area contributed by atoms with Crippen LogP contribution in [0, 0.1) is 6.92 Å². The summed E-state index contributed by atoms with van der Waals surface area (Å²) in [6, 6.07) is 16.5. The number of aryl methyl sites for hydroxylation is 1. The van der Waals surface area contributed by atoms with Gasteiger partial charge in [-0.25, -0.2) is 0 Å². The van der Waals surface area contributed by atoms with Gasteiger partial charge in [0.05, 0.1) is 10.7 Å². The fourth-order valence-corrected chi connectivity index (χ4v) is 3.29. The largest absolute Gasteiger partial charge is 0.346 e. The highest BCUT2D eigenvalue weighted by Gasteiger charge is 2.19. The molecule has 2 aromatic rings. The van der Waals surface area contributed by atoms with Gasteiger partial charge >= 0.3 is 0 Å². The summed E-state index contributed by atoms with van der Waals surface area (Å²) in [4.78, 5) is 4.68. The predicted octanol–water partition coefficient (Wildman–Crippen LogP) is 4.16. The summed E-state index contributed by atoms with van der Waals surface area (Å²) in [5.41, 5.74) is 3.54. The van der Waals surface area contributed by atoms with Crippen LogP contribution in [-0.4, -0.2) is 41.1 Å². The SMILES string of the molecule is Cc1ccc(CN2CCN(C(=S)Nc3ccccc3Cl)CC2)cc1. The van der Waals surface area contributed by atoms with Crippen LogP contribution in [0.15, 0.2) is 48.5 Å². The highest BCUT2D eigenvalue weighted by molar-refractivity contribution is 7.80. The van der Waals surface area contributed by atoms with Gasteiger partial charge in [0.1, 0.15) is 0 Å². The molecule has 0 radical (unpaired) electrons. The molecule has 1 aliphatic rings. The number of hydrogen-bond donors (Lipinski definition) is 1. The minimum Gasteiger partial charge on any atom is -0.346 e. The Labute approximate surface area is 154 Å². The fourth-order valence-electron chi connectivity index (χ4n) is 2.82. The van der Waals surface area contributed by atoms with Crippen molar-refractivity contribution in [1.29, 1.82) is 0 Å². The second kappa shape index (κ2) is 7.97. The van der Waals surface area contributed by atoms with E-state index in [0.717, 1.165) is 43.5 Å². The number of para-hydroxylation sites is 1. The van der Waals surface area contributed by atoms with E-state index in [1.807, 2.05) is 24.3 Å². The molecule has 0 spiro atoms. The van der Waals surface area contributed by atoms with Crippen molar-refractivity contribution in [2.24, 2.45) is 0 Å². The number of halogens is 1. The molecule has 2 aromatic carbocycles. The molecule has 0 amide bonds. The van der Waals surface area contributed by atoms with Gasteiger partial charge in [-0.3, -0.25) is 4.90 Å². The van der Waals surface area contributed by atoms with Gasteiger partial charge in [0.2, 0.25) is 0 Å². The Bertz CT molecular complexity index is 694. The summed E-state index contributed by atoms with van der Waals surface area (Å²) in [6.07, 6.45) is 0. The number of piperazine rings is 1. The molecule has 0 atom stereocenters. The number of nitrogens with one attached hydrogen (secondary N) is 1. The lowest BCUT2D eigenvalue weighted by Gasteiger charge is -2.36. The van der Waals surface area contributed by atoms with Crippen molar-refractivity contribution in [3.63, 3.8) is 0 Å². The number of benzene rings is 2. The Balaban J connectivity index is 1.50. The standard InChI is InChI=1S/C19H22ClN3S/c1-15-6-8-16(9-7-15)14-22-10-12-23(13-11-22)19(24)21-18-5-3-2-4-17(18)20/h2-9H,10-14H2,1H3,(H,21,24). The molecule has 0 aliphatic carbocycles. The monoisotopic (exact) mass is 359 g/mol. The van der Waals surface area contributed by atoms with Crippen molar-refractivity contribution in [1.82, 2.24) is 9.80 Å². The predicted molar refractivity (Wildman–Crippen MR) is 106 cm³/mol. The van der Waals surface area contributed by atoms with Gasteiger partial charge in [-0.2, -0.15) is 0 Å². The van der Waals surface area contributed by atoms with Crippen molar-refractivity contribution < 1.29 is 0 Å². The molecule has 3 nitrogen and oxygen atoms in total. The Morgan fingerprint density at radius 2 is 1.71 bits per heavy atom. The van der Waals surface area contributed by atoms with Crippen LogP contribution in [0.5, 0.6) is 0 Å². The third-order valence-corrected chi connectivity index (χ3v) is 4.99. The summed E-state index contributed by atoms with van der Waals surface area (Å²) in [5.74, 6) is 0. The Morgan fingerprint density at radius 3 is 2.38 bits per heavy atom. The number of hydrogen-bond acceptors (Lipinski definition) is 2. The van der Waals surface area contributed by atoms with E-state index < -0.39 is 0 Å². The minimum atomic E-state index is 0.692. The van der Waals surface area contributed by atoms with Gasteiger partial charge in [0.15, 0.2) is 5.11 Å². The van der Waals surface area contributed by atoms with Crippen molar-refractivity contribution in [2.75, 3.05) is 31.5 Å². The molecular formula is C19H22ClN3S. The summed E-state index contributed by atoms with van der Waals surface area (Å²) in [5, 5.41) is 4.70. The minimum absolute atomic E-state index is 0.692. The van der Waals surface area contributed by atoms with Crippen LogP contribution in [0.4, 0.5) is 5.69 Å². The molecular weight excluding hydrogens is 338 g/mol. The van der Waals surface area contributed by atoms with Crippen LogP contribution in [0.2, 0.25) is 5.02 Å². The first-order valence-electron chi connectivity index (χ1n) is 8.20. The first-order chi connectivity index (χ1) is 11.6. The van der Waals surface area contributed by atoms with Crippen molar-refractivity contribution in [3.8, 4) is 0 Å². The molecule has 126 valence electrons. The van der Waals surface area contributed by atoms with Gasteiger partial charge in [0.25, 0.3) is 0 Å². The molecule has 5 heteroatoms. The molecule has 0 aromatic heterocycles. The average molecular weight is 360 g/mol. The van der Waals surface area contributed by atoms with Crippen LogP contribution >= 0.6 is 23.8 Å². The summed E-state index contributed by atoms with van der Waals surface area (Å²) < 4.78 is 0. The van der Waals surface area contributed by atoms with Gasteiger partial charge in [-0.1, -0.05) is 53.6 Å². The molecule has 1 aliphatic heterocycles. The zero-order valence-electron chi connectivity index (χ0n) is 13.8. The maximum atomic E-state index is 6.18. The van der Waals surface area contributed by atoms with Crippen LogP contribution in [-0.2, 0) is 6.54 Å². The second-order valence-corrected chi connectivity index (χ2v) is 6.95. The van der Waals surface area contributed by atoms with E-state index >= 15 is 0 Å². The van der Waals surface area contributed by atoms with Crippen LogP contribution in [0.3, 0.4) is 0 Å². The lowest BCUT2D eigenvalue weighted by atomic mass is 10.1. The van der Waals surface area contributed by atoms with Crippen LogP contribution in [0.1, 0.15) is 11.1 Å². The van der Waals surface area contributed by atoms with Crippen LogP contribution in [0.25, 0.3) is 0 Å². The summed E-state index contributed by atoms with van der Waals surface area (Å²) >= 11 is 11.7. The second-order valence-electron chi connectivity index (χ2n) is 6.16. The van der Waals surface area contributed by atoms with E-state index in [4.69, 9.17) is 23.8 Å². The summed E-state index contributed by atoms with van der Waals surface area (Å²) in [6.45, 7) is 7.01. The zero-order valence-corrected chi connectivity index (χ0v) is 15.4. The van der Waals surface area contributed by atoms with E-state index in [-0.39, 0.29) is 0 Å². The van der Waals surface area contributed by atoms with Crippen molar-refractivity contribution in [3.05, 3.63) is 64.7 Å². The highest BCUT2D eigenvalue weighted by Crippen LogP contribution is 2.21. The van der Waals surface area contributed by atoms with Gasteiger partial charge in [-0.15, -0.1) is 0 Å². The molecule has 3 rings (SSSR count). The van der Waals surface area contributed by atoms with Gasteiger partial charge < -0.3 is 10.2 Å². The quantitative estimate of drug-likeness (QED) is 0.829. The average Bonchev–Trinajstić information content (AvgIpc) is 2.59. The first kappa shape index (κ1) is 17.2. The molecule has 1 N–H and O–H groups in total. The third kappa shape index (κ3) is 4.47. The Hall–Kier alpha value is -1.62. The topological polar surface area (TPSA) is 18.5 Å². The molecule has 0 bridgehead atoms. The summed E-state index contributed by atoms with van der Waals surface area (Å²) in [7, 11) is 0. The van der Waals surface area contributed by atoms with E-state index in [9.17, 15) is 0 Å². The number of rotatable bonds is 3. The van der Waals surface area contributed by atoms with E-state index in [1.165, 1.54) is 11.1 Å². The van der Waals surface area contributed by atoms with Crippen molar-refractivity contribution >= 4 is 34.6 Å². The molecule has 1 saturated heterocycles. The molecule has 0 unspecified atom stereocenters. The fraction of sp³-hybridized carbons (Fsp3) is 0.316. The van der Waals surface area contributed by atoms with E-state index in [0.29, 0.717) is 5.02 Å². The highest BCUT2D eigenvalue weighted by atomic mass is 35.5. The lowest BCUT2D eigenvalue weighted by molar-refractivity contribution is 0.177. The normalized spacial score (nSPS) is 15.3. The van der Waals surface area contributed by atoms with Crippen LogP contribution < -0.4 is 5.32 Å². The number of thiocarbonyl (C=S) groups is 1. The zero-order chi connectivity index (χ0) is 16.9. The number of anilines is 1.